The molecule has 0 atom stereocenters. The molecule has 72 valence electrons. The number of halogens is 1. The molecule has 0 aromatic heterocycles. The fourth-order valence-electron chi connectivity index (χ4n) is 0.900. The molecule has 0 unspecified atom stereocenters. The summed E-state index contributed by atoms with van der Waals surface area (Å²) in [4.78, 5) is 0. The molecule has 1 rings (SSSR count). The number of rotatable bonds is 4. The summed E-state index contributed by atoms with van der Waals surface area (Å²) in [6.07, 6.45) is 0. The molecule has 0 radical (unpaired) electrons. The van der Waals surface area contributed by atoms with Crippen LogP contribution in [-0.4, -0.2) is 25.4 Å². The van der Waals surface area contributed by atoms with Crippen molar-refractivity contribution in [2.75, 3.05) is 20.3 Å². The summed E-state index contributed by atoms with van der Waals surface area (Å²) in [5, 5.41) is 8.45. The van der Waals surface area contributed by atoms with Gasteiger partial charge in [-0.1, -0.05) is 0 Å². The van der Waals surface area contributed by atoms with Crippen LogP contribution >= 0.6 is 0 Å². The Morgan fingerprint density at radius 3 is 2.77 bits per heavy atom. The first-order valence-electron chi connectivity index (χ1n) is 3.85. The van der Waals surface area contributed by atoms with Gasteiger partial charge in [-0.25, -0.2) is 4.39 Å². The summed E-state index contributed by atoms with van der Waals surface area (Å²) in [7, 11) is 1.40. The maximum Gasteiger partial charge on any atom is 0.168 e. The van der Waals surface area contributed by atoms with E-state index in [9.17, 15) is 4.39 Å². The average molecular weight is 186 g/mol. The van der Waals surface area contributed by atoms with E-state index in [4.69, 9.17) is 14.6 Å². The lowest BCUT2D eigenvalue weighted by atomic mass is 10.3. The van der Waals surface area contributed by atoms with Crippen molar-refractivity contribution in [1.82, 2.24) is 0 Å². The monoisotopic (exact) mass is 186 g/mol. The van der Waals surface area contributed by atoms with Gasteiger partial charge < -0.3 is 14.6 Å². The van der Waals surface area contributed by atoms with Gasteiger partial charge in [-0.15, -0.1) is 0 Å². The third kappa shape index (κ3) is 2.59. The summed E-state index contributed by atoms with van der Waals surface area (Å²) >= 11 is 0. The van der Waals surface area contributed by atoms with Crippen LogP contribution in [0.1, 0.15) is 0 Å². The lowest BCUT2D eigenvalue weighted by Crippen LogP contribution is -2.01. The number of benzene rings is 1. The van der Waals surface area contributed by atoms with Crippen molar-refractivity contribution in [3.05, 3.63) is 24.0 Å². The van der Waals surface area contributed by atoms with Crippen molar-refractivity contribution >= 4 is 0 Å². The highest BCUT2D eigenvalue weighted by Crippen LogP contribution is 2.21. The molecular formula is C9H11FO3. The lowest BCUT2D eigenvalue weighted by Gasteiger charge is -2.06. The first-order chi connectivity index (χ1) is 6.27. The minimum absolute atomic E-state index is 0.0896. The molecule has 0 saturated carbocycles. The smallest absolute Gasteiger partial charge is 0.168 e. The lowest BCUT2D eigenvalue weighted by molar-refractivity contribution is 0.200. The molecule has 1 N–H and O–H groups in total. The fourth-order valence-corrected chi connectivity index (χ4v) is 0.900. The molecule has 1 aromatic rings. The molecule has 0 bridgehead atoms. The molecular weight excluding hydrogens is 175 g/mol. The molecule has 13 heavy (non-hydrogen) atoms. The first kappa shape index (κ1) is 9.80. The normalized spacial score (nSPS) is 9.77. The first-order valence-corrected chi connectivity index (χ1v) is 3.85. The zero-order chi connectivity index (χ0) is 9.68. The number of aliphatic hydroxyl groups excluding tert-OH is 1. The van der Waals surface area contributed by atoms with E-state index in [1.165, 1.54) is 19.2 Å². The molecule has 0 amide bonds. The zero-order valence-electron chi connectivity index (χ0n) is 7.29. The van der Waals surface area contributed by atoms with Crippen LogP contribution in [0, 0.1) is 5.82 Å². The highest BCUT2D eigenvalue weighted by molar-refractivity contribution is 5.32. The predicted molar refractivity (Wildman–Crippen MR) is 45.5 cm³/mol. The van der Waals surface area contributed by atoms with Gasteiger partial charge >= 0.3 is 0 Å². The van der Waals surface area contributed by atoms with E-state index < -0.39 is 5.82 Å². The number of hydrogen-bond acceptors (Lipinski definition) is 3. The molecule has 1 aromatic carbocycles. The Balaban J connectivity index is 2.71. The van der Waals surface area contributed by atoms with Crippen LogP contribution in [0.3, 0.4) is 0 Å². The van der Waals surface area contributed by atoms with Crippen molar-refractivity contribution in [1.29, 1.82) is 0 Å². The summed E-state index contributed by atoms with van der Waals surface area (Å²) in [6.45, 7) is 0.0689. The molecule has 0 aliphatic rings. The van der Waals surface area contributed by atoms with Gasteiger partial charge in [0.05, 0.1) is 13.7 Å². The van der Waals surface area contributed by atoms with Crippen molar-refractivity contribution in [2.45, 2.75) is 0 Å². The van der Waals surface area contributed by atoms with Gasteiger partial charge in [-0.2, -0.15) is 0 Å². The molecule has 0 saturated heterocycles. The van der Waals surface area contributed by atoms with E-state index in [0.717, 1.165) is 0 Å². The summed E-state index contributed by atoms with van der Waals surface area (Å²) in [6, 6.07) is 4.27. The molecule has 0 fully saturated rings. The quantitative estimate of drug-likeness (QED) is 0.768. The second kappa shape index (κ2) is 4.67. The number of methoxy groups -OCH3 is 1. The molecule has 0 aliphatic heterocycles. The van der Waals surface area contributed by atoms with Crippen LogP contribution in [0.2, 0.25) is 0 Å². The van der Waals surface area contributed by atoms with Crippen molar-refractivity contribution < 1.29 is 19.0 Å². The molecule has 0 aliphatic carbocycles. The van der Waals surface area contributed by atoms with Crippen LogP contribution in [0.5, 0.6) is 11.5 Å². The highest BCUT2D eigenvalue weighted by Gasteiger charge is 2.03. The van der Waals surface area contributed by atoms with Crippen LogP contribution in [0.25, 0.3) is 0 Å². The maximum absolute atomic E-state index is 13.0. The van der Waals surface area contributed by atoms with Gasteiger partial charge in [0.15, 0.2) is 11.6 Å². The van der Waals surface area contributed by atoms with Crippen LogP contribution in [-0.2, 0) is 0 Å². The summed E-state index contributed by atoms with van der Waals surface area (Å²) < 4.78 is 22.7. The van der Waals surface area contributed by atoms with E-state index in [2.05, 4.69) is 0 Å². The minimum atomic E-state index is -0.474. The van der Waals surface area contributed by atoms with Gasteiger partial charge in [-0.05, 0) is 12.1 Å². The topological polar surface area (TPSA) is 38.7 Å². The standard InChI is InChI=1S/C9H11FO3/c1-12-9-3-2-7(6-8(9)10)13-5-4-11/h2-3,6,11H,4-5H2,1H3. The molecule has 0 heterocycles. The maximum atomic E-state index is 13.0. The van der Waals surface area contributed by atoms with E-state index in [1.807, 2.05) is 0 Å². The Morgan fingerprint density at radius 1 is 1.46 bits per heavy atom. The van der Waals surface area contributed by atoms with E-state index in [0.29, 0.717) is 5.75 Å². The third-order valence-electron chi connectivity index (χ3n) is 1.48. The van der Waals surface area contributed by atoms with E-state index >= 15 is 0 Å². The Hall–Kier alpha value is -1.29. The van der Waals surface area contributed by atoms with Gasteiger partial charge in [-0.3, -0.25) is 0 Å². The van der Waals surface area contributed by atoms with Crippen molar-refractivity contribution in [2.24, 2.45) is 0 Å². The van der Waals surface area contributed by atoms with Gasteiger partial charge in [0, 0.05) is 6.07 Å². The highest BCUT2D eigenvalue weighted by atomic mass is 19.1. The number of hydrogen-bond donors (Lipinski definition) is 1. The van der Waals surface area contributed by atoms with Gasteiger partial charge in [0.2, 0.25) is 0 Å². The van der Waals surface area contributed by atoms with Crippen LogP contribution in [0.4, 0.5) is 4.39 Å². The van der Waals surface area contributed by atoms with Crippen molar-refractivity contribution in [3.8, 4) is 11.5 Å². The molecule has 3 nitrogen and oxygen atoms in total. The van der Waals surface area contributed by atoms with Crippen LogP contribution in [0.15, 0.2) is 18.2 Å². The average Bonchev–Trinajstić information content (AvgIpc) is 2.15. The largest absolute Gasteiger partial charge is 0.494 e. The Morgan fingerprint density at radius 2 is 2.23 bits per heavy atom. The van der Waals surface area contributed by atoms with Crippen molar-refractivity contribution in [3.63, 3.8) is 0 Å². The van der Waals surface area contributed by atoms with E-state index in [-0.39, 0.29) is 19.0 Å². The zero-order valence-corrected chi connectivity index (χ0v) is 7.29. The fraction of sp³-hybridized carbons (Fsp3) is 0.333. The summed E-state index contributed by atoms with van der Waals surface area (Å²) in [5.74, 6) is 0.0849. The number of ether oxygens (including phenoxy) is 2. The predicted octanol–water partition coefficient (Wildman–Crippen LogP) is 1.21. The van der Waals surface area contributed by atoms with Crippen LogP contribution < -0.4 is 9.47 Å². The molecule has 4 heteroatoms. The third-order valence-corrected chi connectivity index (χ3v) is 1.48. The second-order valence-electron chi connectivity index (χ2n) is 2.37. The van der Waals surface area contributed by atoms with E-state index in [1.54, 1.807) is 6.07 Å². The Bertz CT molecular complexity index is 276. The minimum Gasteiger partial charge on any atom is -0.494 e. The SMILES string of the molecule is COc1ccc(OCCO)cc1F. The molecule has 0 spiro atoms. The Labute approximate surface area is 75.7 Å². The Kier molecular flexibility index (Phi) is 3.52. The van der Waals surface area contributed by atoms with Gasteiger partial charge in [0.25, 0.3) is 0 Å². The second-order valence-corrected chi connectivity index (χ2v) is 2.37. The summed E-state index contributed by atoms with van der Waals surface area (Å²) in [5.41, 5.74) is 0. The van der Waals surface area contributed by atoms with Gasteiger partial charge in [0.1, 0.15) is 12.4 Å². The number of aliphatic hydroxyl groups is 1.